The van der Waals surface area contributed by atoms with Crippen LogP contribution >= 0.6 is 15.9 Å². The monoisotopic (exact) mass is 267 g/mol. The molecule has 15 heavy (non-hydrogen) atoms. The molecular formula is C12H14BrNO. The Labute approximate surface area is 98.4 Å². The van der Waals surface area contributed by atoms with Crippen LogP contribution in [0.1, 0.15) is 25.0 Å². The first kappa shape index (κ1) is 10.7. The van der Waals surface area contributed by atoms with E-state index in [1.54, 1.807) is 4.90 Å². The average molecular weight is 268 g/mol. The third-order valence-electron chi connectivity index (χ3n) is 3.06. The van der Waals surface area contributed by atoms with Gasteiger partial charge in [0.15, 0.2) is 0 Å². The van der Waals surface area contributed by atoms with Gasteiger partial charge in [-0.15, -0.1) is 0 Å². The van der Waals surface area contributed by atoms with Crippen LogP contribution in [0.2, 0.25) is 0 Å². The van der Waals surface area contributed by atoms with E-state index >= 15 is 0 Å². The topological polar surface area (TPSA) is 20.3 Å². The molecule has 2 nitrogen and oxygen atoms in total. The van der Waals surface area contributed by atoms with Gasteiger partial charge >= 0.3 is 0 Å². The number of fused-ring (bicyclic) bond motifs is 1. The highest BCUT2D eigenvalue weighted by atomic mass is 79.9. The minimum absolute atomic E-state index is 0.156. The Morgan fingerprint density at radius 3 is 2.53 bits per heavy atom. The van der Waals surface area contributed by atoms with Crippen LogP contribution in [0.3, 0.4) is 0 Å². The molecule has 0 radical (unpaired) electrons. The second kappa shape index (κ2) is 3.08. The molecule has 0 fully saturated rings. The van der Waals surface area contributed by atoms with Crippen molar-refractivity contribution < 1.29 is 4.79 Å². The smallest absolute Gasteiger partial charge is 0.236 e. The zero-order chi connectivity index (χ0) is 11.4. The summed E-state index contributed by atoms with van der Waals surface area (Å²) in [6, 6.07) is 4.14. The zero-order valence-electron chi connectivity index (χ0n) is 9.39. The summed E-state index contributed by atoms with van der Waals surface area (Å²) < 4.78 is 0.999. The van der Waals surface area contributed by atoms with Crippen LogP contribution in [0.25, 0.3) is 0 Å². The number of carbonyl (C=O) groups is 1. The molecule has 1 aromatic rings. The van der Waals surface area contributed by atoms with Crippen molar-refractivity contribution in [3.05, 3.63) is 27.7 Å². The highest BCUT2D eigenvalue weighted by Crippen LogP contribution is 2.45. The van der Waals surface area contributed by atoms with Gasteiger partial charge in [0, 0.05) is 11.5 Å². The maximum Gasteiger partial charge on any atom is 0.236 e. The van der Waals surface area contributed by atoms with Crippen LogP contribution in [0.15, 0.2) is 16.6 Å². The number of nitrogens with zero attached hydrogens (tertiary/aromatic N) is 1. The van der Waals surface area contributed by atoms with Crippen molar-refractivity contribution in [2.45, 2.75) is 26.2 Å². The lowest BCUT2D eigenvalue weighted by molar-refractivity contribution is -0.121. The molecule has 0 unspecified atom stereocenters. The van der Waals surface area contributed by atoms with Crippen LogP contribution in [0.5, 0.6) is 0 Å². The second-order valence-corrected chi connectivity index (χ2v) is 5.49. The van der Waals surface area contributed by atoms with Crippen LogP contribution in [0.4, 0.5) is 5.69 Å². The van der Waals surface area contributed by atoms with Crippen molar-refractivity contribution in [3.63, 3.8) is 0 Å². The number of halogens is 1. The second-order valence-electron chi connectivity index (χ2n) is 4.63. The number of hydrogen-bond donors (Lipinski definition) is 0. The lowest BCUT2D eigenvalue weighted by Crippen LogP contribution is -2.33. The minimum Gasteiger partial charge on any atom is -0.313 e. The van der Waals surface area contributed by atoms with Gasteiger partial charge in [0.1, 0.15) is 0 Å². The molecule has 0 saturated carbocycles. The Bertz CT molecular complexity index is 451. The number of anilines is 1. The fraction of sp³-hybridized carbons (Fsp3) is 0.417. The molecule has 1 heterocycles. The molecule has 1 amide bonds. The molecule has 0 saturated heterocycles. The predicted molar refractivity (Wildman–Crippen MR) is 65.3 cm³/mol. The van der Waals surface area contributed by atoms with E-state index in [9.17, 15) is 4.79 Å². The number of carbonyl (C=O) groups excluding carboxylic acids is 1. The summed E-state index contributed by atoms with van der Waals surface area (Å²) >= 11 is 3.52. The summed E-state index contributed by atoms with van der Waals surface area (Å²) in [6.45, 7) is 6.00. The molecule has 1 aliphatic heterocycles. The molecule has 2 rings (SSSR count). The average Bonchev–Trinajstić information content (AvgIpc) is 2.28. The van der Waals surface area contributed by atoms with E-state index in [0.29, 0.717) is 0 Å². The first-order valence-electron chi connectivity index (χ1n) is 4.94. The molecule has 1 aliphatic rings. The van der Waals surface area contributed by atoms with Crippen molar-refractivity contribution in [2.24, 2.45) is 0 Å². The maximum absolute atomic E-state index is 12.1. The lowest BCUT2D eigenvalue weighted by atomic mass is 9.85. The summed E-state index contributed by atoms with van der Waals surface area (Å²) in [6.07, 6.45) is 0. The van der Waals surface area contributed by atoms with Gasteiger partial charge in [-0.05, 0) is 53.9 Å². The van der Waals surface area contributed by atoms with E-state index in [-0.39, 0.29) is 5.91 Å². The number of rotatable bonds is 0. The van der Waals surface area contributed by atoms with Gasteiger partial charge < -0.3 is 4.90 Å². The quantitative estimate of drug-likeness (QED) is 0.708. The standard InChI is InChI=1S/C12H14BrNO/c1-7-5-8-10(9(13)6-7)14(4)11(15)12(8,2)3/h5-6H,1-4H3. The number of benzene rings is 1. The lowest BCUT2D eigenvalue weighted by Gasteiger charge is -2.16. The predicted octanol–water partition coefficient (Wildman–Crippen LogP) is 3.01. The van der Waals surface area contributed by atoms with Gasteiger partial charge in [-0.1, -0.05) is 6.07 Å². The number of aryl methyl sites for hydroxylation is 1. The summed E-state index contributed by atoms with van der Waals surface area (Å²) in [4.78, 5) is 13.8. The van der Waals surface area contributed by atoms with Crippen molar-refractivity contribution in [1.29, 1.82) is 0 Å². The minimum atomic E-state index is -0.404. The molecule has 0 spiro atoms. The molecular weight excluding hydrogens is 254 g/mol. The largest absolute Gasteiger partial charge is 0.313 e. The first-order valence-corrected chi connectivity index (χ1v) is 5.74. The van der Waals surface area contributed by atoms with Crippen LogP contribution < -0.4 is 4.90 Å². The fourth-order valence-electron chi connectivity index (χ4n) is 2.19. The van der Waals surface area contributed by atoms with E-state index < -0.39 is 5.41 Å². The Kier molecular flexibility index (Phi) is 2.19. The molecule has 0 atom stereocenters. The highest BCUT2D eigenvalue weighted by molar-refractivity contribution is 9.10. The maximum atomic E-state index is 12.1. The summed E-state index contributed by atoms with van der Waals surface area (Å²) in [5.41, 5.74) is 2.90. The van der Waals surface area contributed by atoms with Crippen molar-refractivity contribution in [3.8, 4) is 0 Å². The Morgan fingerprint density at radius 1 is 1.33 bits per heavy atom. The van der Waals surface area contributed by atoms with Crippen LogP contribution in [-0.4, -0.2) is 13.0 Å². The summed E-state index contributed by atoms with van der Waals surface area (Å²) in [5, 5.41) is 0. The van der Waals surface area contributed by atoms with Gasteiger partial charge in [-0.2, -0.15) is 0 Å². The number of likely N-dealkylation sites (N-methyl/N-ethyl adjacent to an activating group) is 1. The van der Waals surface area contributed by atoms with E-state index in [1.165, 1.54) is 5.56 Å². The van der Waals surface area contributed by atoms with Gasteiger partial charge in [0.25, 0.3) is 0 Å². The molecule has 80 valence electrons. The van der Waals surface area contributed by atoms with Crippen molar-refractivity contribution in [1.82, 2.24) is 0 Å². The SMILES string of the molecule is Cc1cc(Br)c2c(c1)C(C)(C)C(=O)N2C. The number of hydrogen-bond acceptors (Lipinski definition) is 1. The molecule has 0 aliphatic carbocycles. The third-order valence-corrected chi connectivity index (χ3v) is 3.66. The summed E-state index contributed by atoms with van der Waals surface area (Å²) in [5.74, 6) is 0.156. The van der Waals surface area contributed by atoms with E-state index in [2.05, 4.69) is 22.0 Å². The summed E-state index contributed by atoms with van der Waals surface area (Å²) in [7, 11) is 1.83. The molecule has 1 aromatic carbocycles. The molecule has 0 N–H and O–H groups in total. The Hall–Kier alpha value is -0.830. The van der Waals surface area contributed by atoms with Crippen molar-refractivity contribution in [2.75, 3.05) is 11.9 Å². The molecule has 3 heteroatoms. The van der Waals surface area contributed by atoms with E-state index in [4.69, 9.17) is 0 Å². The molecule has 0 bridgehead atoms. The number of amides is 1. The van der Waals surface area contributed by atoms with Gasteiger partial charge in [0.2, 0.25) is 5.91 Å². The Morgan fingerprint density at radius 2 is 1.93 bits per heavy atom. The van der Waals surface area contributed by atoms with E-state index in [1.807, 2.05) is 33.9 Å². The first-order chi connectivity index (χ1) is 6.85. The van der Waals surface area contributed by atoms with Gasteiger partial charge in [-0.25, -0.2) is 0 Å². The van der Waals surface area contributed by atoms with Gasteiger partial charge in [0.05, 0.1) is 11.1 Å². The van der Waals surface area contributed by atoms with Crippen molar-refractivity contribution >= 4 is 27.5 Å². The Balaban J connectivity index is 2.77. The zero-order valence-corrected chi connectivity index (χ0v) is 11.0. The van der Waals surface area contributed by atoms with Gasteiger partial charge in [-0.3, -0.25) is 4.79 Å². The molecule has 0 aromatic heterocycles. The highest BCUT2D eigenvalue weighted by Gasteiger charge is 2.43. The fourth-order valence-corrected chi connectivity index (χ4v) is 3.03. The third kappa shape index (κ3) is 1.33. The van der Waals surface area contributed by atoms with Crippen LogP contribution in [0, 0.1) is 6.92 Å². The van der Waals surface area contributed by atoms with E-state index in [0.717, 1.165) is 15.7 Å². The normalized spacial score (nSPS) is 18.2. The van der Waals surface area contributed by atoms with Crippen LogP contribution in [-0.2, 0) is 10.2 Å².